The molecule has 1 fully saturated rings. The third kappa shape index (κ3) is 2.10. The van der Waals surface area contributed by atoms with E-state index in [1.54, 1.807) is 37.3 Å². The van der Waals surface area contributed by atoms with Crippen molar-refractivity contribution >= 4 is 23.9 Å². The predicted molar refractivity (Wildman–Crippen MR) is 75.0 cm³/mol. The molecule has 1 aromatic carbocycles. The molecule has 0 spiro atoms. The van der Waals surface area contributed by atoms with Crippen molar-refractivity contribution in [3.8, 4) is 11.3 Å². The first-order chi connectivity index (χ1) is 10.1. The molecule has 2 aromatic rings. The number of hydrogen-bond donors (Lipinski definition) is 1. The maximum absolute atomic E-state index is 12.1. The summed E-state index contributed by atoms with van der Waals surface area (Å²) in [6.07, 6.45) is 0.599. The van der Waals surface area contributed by atoms with Gasteiger partial charge in [-0.3, -0.25) is 9.59 Å². The second-order valence-corrected chi connectivity index (χ2v) is 4.68. The molecule has 1 aliphatic heterocycles. The first kappa shape index (κ1) is 13.1. The maximum atomic E-state index is 12.1. The molecule has 6 nitrogen and oxygen atoms in total. The second-order valence-electron chi connectivity index (χ2n) is 4.68. The van der Waals surface area contributed by atoms with Gasteiger partial charge in [0.1, 0.15) is 11.8 Å². The normalized spacial score (nSPS) is 18.0. The number of furan rings is 1. The van der Waals surface area contributed by atoms with Gasteiger partial charge in [0.15, 0.2) is 12.0 Å². The van der Waals surface area contributed by atoms with E-state index in [1.165, 1.54) is 6.07 Å². The van der Waals surface area contributed by atoms with E-state index in [-0.39, 0.29) is 11.7 Å². The number of urea groups is 1. The van der Waals surface area contributed by atoms with Gasteiger partial charge in [0.2, 0.25) is 0 Å². The summed E-state index contributed by atoms with van der Waals surface area (Å²) in [5.41, 5.74) is 0.999. The third-order valence-corrected chi connectivity index (χ3v) is 3.29. The van der Waals surface area contributed by atoms with Crippen molar-refractivity contribution in [3.63, 3.8) is 0 Å². The minimum Gasteiger partial charge on any atom is -0.453 e. The van der Waals surface area contributed by atoms with Crippen molar-refractivity contribution in [2.24, 2.45) is 0 Å². The van der Waals surface area contributed by atoms with Crippen LogP contribution in [0.1, 0.15) is 17.5 Å². The molecule has 106 valence electrons. The number of para-hydroxylation sites is 1. The first-order valence-electron chi connectivity index (χ1n) is 6.40. The molecule has 0 radical (unpaired) electrons. The lowest BCUT2D eigenvalue weighted by atomic mass is 10.1. The van der Waals surface area contributed by atoms with Crippen LogP contribution >= 0.6 is 0 Å². The van der Waals surface area contributed by atoms with Gasteiger partial charge in [-0.1, -0.05) is 12.1 Å². The van der Waals surface area contributed by atoms with Crippen molar-refractivity contribution in [2.75, 3.05) is 4.90 Å². The maximum Gasteiger partial charge on any atom is 0.329 e. The van der Waals surface area contributed by atoms with Crippen LogP contribution in [0.25, 0.3) is 11.3 Å². The molecule has 2 heterocycles. The third-order valence-electron chi connectivity index (χ3n) is 3.29. The summed E-state index contributed by atoms with van der Waals surface area (Å²) in [4.78, 5) is 35.9. The summed E-state index contributed by atoms with van der Waals surface area (Å²) < 4.78 is 5.38. The summed E-state index contributed by atoms with van der Waals surface area (Å²) in [5, 5.41) is 2.56. The average molecular weight is 284 g/mol. The Hall–Kier alpha value is -2.89. The zero-order valence-corrected chi connectivity index (χ0v) is 11.2. The summed E-state index contributed by atoms with van der Waals surface area (Å²) in [6, 6.07) is 9.02. The quantitative estimate of drug-likeness (QED) is 0.692. The van der Waals surface area contributed by atoms with E-state index < -0.39 is 12.1 Å². The van der Waals surface area contributed by atoms with Crippen LogP contribution in [0.3, 0.4) is 0 Å². The van der Waals surface area contributed by atoms with Gasteiger partial charge in [-0.15, -0.1) is 0 Å². The molecule has 0 saturated carbocycles. The molecule has 6 heteroatoms. The standard InChI is InChI=1S/C15H12N2O4/c1-9-14(19)17(15(20)16-9)12-5-3-2-4-11(12)13-7-6-10(8-18)21-13/h2-9H,1H3,(H,16,20). The molecular weight excluding hydrogens is 272 g/mol. The minimum atomic E-state index is -0.562. The van der Waals surface area contributed by atoms with Gasteiger partial charge in [-0.05, 0) is 31.2 Å². The summed E-state index contributed by atoms with van der Waals surface area (Å²) >= 11 is 0. The van der Waals surface area contributed by atoms with Gasteiger partial charge in [-0.2, -0.15) is 0 Å². The fraction of sp³-hybridized carbons (Fsp3) is 0.133. The van der Waals surface area contributed by atoms with Crippen molar-refractivity contribution in [1.29, 1.82) is 0 Å². The van der Waals surface area contributed by atoms with Crippen LogP contribution in [0.2, 0.25) is 0 Å². The first-order valence-corrected chi connectivity index (χ1v) is 6.40. The molecule has 1 unspecified atom stereocenters. The number of aldehydes is 1. The van der Waals surface area contributed by atoms with Crippen LogP contribution in [-0.2, 0) is 4.79 Å². The molecular formula is C15H12N2O4. The fourth-order valence-electron chi connectivity index (χ4n) is 2.27. The molecule has 0 bridgehead atoms. The highest BCUT2D eigenvalue weighted by Gasteiger charge is 2.37. The van der Waals surface area contributed by atoms with Crippen LogP contribution in [-0.4, -0.2) is 24.3 Å². The van der Waals surface area contributed by atoms with Crippen LogP contribution < -0.4 is 10.2 Å². The highest BCUT2D eigenvalue weighted by Crippen LogP contribution is 2.33. The molecule has 1 N–H and O–H groups in total. The van der Waals surface area contributed by atoms with Crippen LogP contribution in [0.4, 0.5) is 10.5 Å². The molecule has 1 aromatic heterocycles. The lowest BCUT2D eigenvalue weighted by molar-refractivity contribution is -0.117. The van der Waals surface area contributed by atoms with Gasteiger partial charge in [-0.25, -0.2) is 9.69 Å². The number of benzene rings is 1. The Bertz CT molecular complexity index is 735. The Morgan fingerprint density at radius 3 is 2.57 bits per heavy atom. The number of amides is 3. The van der Waals surface area contributed by atoms with Gasteiger partial charge in [0, 0.05) is 5.56 Å². The van der Waals surface area contributed by atoms with Crippen LogP contribution in [0, 0.1) is 0 Å². The zero-order chi connectivity index (χ0) is 15.0. The van der Waals surface area contributed by atoms with Crippen molar-refractivity contribution in [3.05, 3.63) is 42.2 Å². The number of anilines is 1. The number of nitrogens with one attached hydrogen (secondary N) is 1. The Labute approximate surface area is 120 Å². The molecule has 1 aliphatic rings. The monoisotopic (exact) mass is 284 g/mol. The van der Waals surface area contributed by atoms with E-state index in [4.69, 9.17) is 4.42 Å². The average Bonchev–Trinajstić information content (AvgIpc) is 3.05. The highest BCUT2D eigenvalue weighted by atomic mass is 16.3. The number of carbonyl (C=O) groups excluding carboxylic acids is 3. The molecule has 1 saturated heterocycles. The van der Waals surface area contributed by atoms with E-state index in [0.717, 1.165) is 4.90 Å². The SMILES string of the molecule is CC1NC(=O)N(c2ccccc2-c2ccc(C=O)o2)C1=O. The van der Waals surface area contributed by atoms with Crippen molar-refractivity contribution in [1.82, 2.24) is 5.32 Å². The number of imide groups is 1. The molecule has 3 rings (SSSR count). The second kappa shape index (κ2) is 4.90. The van der Waals surface area contributed by atoms with Gasteiger partial charge in [0.05, 0.1) is 5.69 Å². The zero-order valence-electron chi connectivity index (χ0n) is 11.2. The smallest absolute Gasteiger partial charge is 0.329 e. The van der Waals surface area contributed by atoms with Crippen molar-refractivity contribution in [2.45, 2.75) is 13.0 Å². The van der Waals surface area contributed by atoms with Crippen LogP contribution in [0.5, 0.6) is 0 Å². The predicted octanol–water partition coefficient (Wildman–Crippen LogP) is 2.20. The minimum absolute atomic E-state index is 0.186. The summed E-state index contributed by atoms with van der Waals surface area (Å²) in [7, 11) is 0. The number of nitrogens with zero attached hydrogens (tertiary/aromatic N) is 1. The summed E-state index contributed by atoms with van der Waals surface area (Å²) in [5.74, 6) is 0.285. The van der Waals surface area contributed by atoms with E-state index >= 15 is 0 Å². The number of carbonyl (C=O) groups is 3. The number of hydrogen-bond acceptors (Lipinski definition) is 4. The Morgan fingerprint density at radius 1 is 1.19 bits per heavy atom. The van der Waals surface area contributed by atoms with E-state index in [2.05, 4.69) is 5.32 Å². The van der Waals surface area contributed by atoms with Gasteiger partial charge >= 0.3 is 6.03 Å². The van der Waals surface area contributed by atoms with Crippen LogP contribution in [0.15, 0.2) is 40.8 Å². The Balaban J connectivity index is 2.10. The topological polar surface area (TPSA) is 79.6 Å². The summed E-state index contributed by atoms with van der Waals surface area (Å²) in [6.45, 7) is 1.63. The lowest BCUT2D eigenvalue weighted by Crippen LogP contribution is -2.31. The van der Waals surface area contributed by atoms with E-state index in [9.17, 15) is 14.4 Å². The lowest BCUT2D eigenvalue weighted by Gasteiger charge is -2.16. The van der Waals surface area contributed by atoms with Gasteiger partial charge < -0.3 is 9.73 Å². The van der Waals surface area contributed by atoms with Gasteiger partial charge in [0.25, 0.3) is 5.91 Å². The Morgan fingerprint density at radius 2 is 1.95 bits per heavy atom. The van der Waals surface area contributed by atoms with E-state index in [0.29, 0.717) is 23.3 Å². The van der Waals surface area contributed by atoms with Crippen molar-refractivity contribution < 1.29 is 18.8 Å². The molecule has 1 atom stereocenters. The fourth-order valence-corrected chi connectivity index (χ4v) is 2.27. The Kier molecular flexibility index (Phi) is 3.06. The molecule has 0 aliphatic carbocycles. The highest BCUT2D eigenvalue weighted by molar-refractivity contribution is 6.22. The molecule has 21 heavy (non-hydrogen) atoms. The molecule has 3 amide bonds. The number of rotatable bonds is 3. The largest absolute Gasteiger partial charge is 0.453 e. The van der Waals surface area contributed by atoms with E-state index in [1.807, 2.05) is 0 Å².